The zero-order chi connectivity index (χ0) is 13.4. The summed E-state index contributed by atoms with van der Waals surface area (Å²) in [5.41, 5.74) is -1.38. The number of hydrogen-bond donors (Lipinski definition) is 1. The van der Waals surface area contributed by atoms with E-state index in [0.29, 0.717) is 0 Å². The van der Waals surface area contributed by atoms with Crippen LogP contribution in [0.4, 0.5) is 0 Å². The van der Waals surface area contributed by atoms with E-state index in [2.05, 4.69) is 5.32 Å². The summed E-state index contributed by atoms with van der Waals surface area (Å²) < 4.78 is 24.8. The Labute approximate surface area is 99.4 Å². The lowest BCUT2D eigenvalue weighted by Gasteiger charge is -2.39. The molecule has 1 rings (SSSR count). The predicted molar refractivity (Wildman–Crippen MR) is 57.9 cm³/mol. The van der Waals surface area contributed by atoms with Gasteiger partial charge in [0.25, 0.3) is 0 Å². The molecule has 0 saturated carbocycles. The third kappa shape index (κ3) is 2.16. The van der Waals surface area contributed by atoms with Crippen LogP contribution in [0, 0.1) is 11.3 Å². The number of nitrogens with one attached hydrogen (secondary N) is 1. The molecule has 0 aromatic heterocycles. The van der Waals surface area contributed by atoms with Gasteiger partial charge in [-0.3, -0.25) is 14.9 Å². The largest absolute Gasteiger partial charge is 0.294 e. The summed E-state index contributed by atoms with van der Waals surface area (Å²) >= 11 is 0. The van der Waals surface area contributed by atoms with E-state index >= 15 is 0 Å². The molecule has 0 aliphatic carbocycles. The molecule has 1 aliphatic heterocycles. The lowest BCUT2D eigenvalue weighted by molar-refractivity contribution is -0.141. The second-order valence-corrected chi connectivity index (χ2v) is 6.44. The minimum Gasteiger partial charge on any atom is -0.294 e. The number of nitriles is 1. The highest BCUT2D eigenvalue weighted by Gasteiger charge is 2.48. The van der Waals surface area contributed by atoms with Crippen LogP contribution in [0.25, 0.3) is 0 Å². The molecule has 8 heteroatoms. The first-order valence-electron chi connectivity index (χ1n) is 4.89. The van der Waals surface area contributed by atoms with Gasteiger partial charge in [0.05, 0.1) is 12.6 Å². The molecule has 1 N–H and O–H groups in total. The summed E-state index contributed by atoms with van der Waals surface area (Å²) in [6.45, 7) is 3.53. The van der Waals surface area contributed by atoms with Gasteiger partial charge in [0.15, 0.2) is 5.25 Å². The van der Waals surface area contributed by atoms with Gasteiger partial charge in [0.1, 0.15) is 5.54 Å². The van der Waals surface area contributed by atoms with E-state index in [1.165, 1.54) is 20.8 Å². The number of amides is 2. The third-order valence-corrected chi connectivity index (χ3v) is 4.85. The molecule has 94 valence electrons. The third-order valence-electron chi connectivity index (χ3n) is 2.66. The number of sulfonamides is 1. The molecule has 2 amide bonds. The number of imide groups is 1. The molecule has 1 heterocycles. The van der Waals surface area contributed by atoms with Crippen LogP contribution in [0.3, 0.4) is 0 Å². The standard InChI is InChI=1S/C9H13N3O4S/c1-6(4-10)17(15,16)12-5-7(13)11-8(14)9(12,2)3/h6H,5H2,1-3H3,(H,11,13,14). The summed E-state index contributed by atoms with van der Waals surface area (Å²) in [6, 6.07) is 1.60. The van der Waals surface area contributed by atoms with Crippen molar-refractivity contribution in [3.63, 3.8) is 0 Å². The van der Waals surface area contributed by atoms with Crippen molar-refractivity contribution < 1.29 is 18.0 Å². The fraction of sp³-hybridized carbons (Fsp3) is 0.667. The SMILES string of the molecule is CC(C#N)S(=O)(=O)N1CC(=O)NC(=O)C1(C)C. The van der Waals surface area contributed by atoms with Crippen LogP contribution < -0.4 is 5.32 Å². The normalized spacial score (nSPS) is 22.7. The van der Waals surface area contributed by atoms with Crippen molar-refractivity contribution in [3.8, 4) is 6.07 Å². The van der Waals surface area contributed by atoms with Crippen molar-refractivity contribution in [1.82, 2.24) is 9.62 Å². The van der Waals surface area contributed by atoms with Gasteiger partial charge in [-0.15, -0.1) is 0 Å². The van der Waals surface area contributed by atoms with Crippen molar-refractivity contribution in [3.05, 3.63) is 0 Å². The van der Waals surface area contributed by atoms with Crippen molar-refractivity contribution in [2.75, 3.05) is 6.54 Å². The highest BCUT2D eigenvalue weighted by molar-refractivity contribution is 7.90. The maximum absolute atomic E-state index is 12.0. The van der Waals surface area contributed by atoms with Gasteiger partial charge >= 0.3 is 0 Å². The minimum atomic E-state index is -4.00. The van der Waals surface area contributed by atoms with E-state index in [0.717, 1.165) is 4.31 Å². The summed E-state index contributed by atoms with van der Waals surface area (Å²) in [5.74, 6) is -1.38. The molecule has 17 heavy (non-hydrogen) atoms. The molecule has 1 aliphatic rings. The molecule has 0 aromatic rings. The molecular weight excluding hydrogens is 246 g/mol. The minimum absolute atomic E-state index is 0.451. The topological polar surface area (TPSA) is 107 Å². The molecule has 7 nitrogen and oxygen atoms in total. The first-order chi connectivity index (χ1) is 7.64. The van der Waals surface area contributed by atoms with Crippen LogP contribution in [0.15, 0.2) is 0 Å². The highest BCUT2D eigenvalue weighted by Crippen LogP contribution is 2.24. The van der Waals surface area contributed by atoms with Gasteiger partial charge in [0, 0.05) is 0 Å². The average molecular weight is 259 g/mol. The van der Waals surface area contributed by atoms with E-state index < -0.39 is 39.2 Å². The number of hydrogen-bond acceptors (Lipinski definition) is 5. The quantitative estimate of drug-likeness (QED) is 0.638. The van der Waals surface area contributed by atoms with Crippen LogP contribution in [-0.4, -0.2) is 41.9 Å². The fourth-order valence-corrected chi connectivity index (χ4v) is 2.96. The molecule has 1 atom stereocenters. The Morgan fingerprint density at radius 1 is 1.47 bits per heavy atom. The number of carbonyl (C=O) groups excluding carboxylic acids is 2. The Kier molecular flexibility index (Phi) is 3.27. The smallest absolute Gasteiger partial charge is 0.247 e. The van der Waals surface area contributed by atoms with Crippen LogP contribution in [-0.2, 0) is 19.6 Å². The Morgan fingerprint density at radius 3 is 2.47 bits per heavy atom. The van der Waals surface area contributed by atoms with Crippen LogP contribution in [0.1, 0.15) is 20.8 Å². The first kappa shape index (κ1) is 13.6. The second kappa shape index (κ2) is 4.09. The molecule has 0 radical (unpaired) electrons. The summed E-state index contributed by atoms with van der Waals surface area (Å²) in [4.78, 5) is 22.8. The Bertz CT molecular complexity index is 503. The molecule has 0 spiro atoms. The van der Waals surface area contributed by atoms with Gasteiger partial charge in [-0.25, -0.2) is 8.42 Å². The lowest BCUT2D eigenvalue weighted by atomic mass is 10.0. The number of piperazine rings is 1. The van der Waals surface area contributed by atoms with Crippen molar-refractivity contribution in [1.29, 1.82) is 5.26 Å². The van der Waals surface area contributed by atoms with Gasteiger partial charge in [0.2, 0.25) is 21.8 Å². The summed E-state index contributed by atoms with van der Waals surface area (Å²) in [5, 5.41) is 9.42. The van der Waals surface area contributed by atoms with E-state index in [-0.39, 0.29) is 0 Å². The number of carbonyl (C=O) groups is 2. The maximum Gasteiger partial charge on any atom is 0.247 e. The Hall–Kier alpha value is -1.46. The maximum atomic E-state index is 12.0. The van der Waals surface area contributed by atoms with Gasteiger partial charge < -0.3 is 0 Å². The molecule has 1 unspecified atom stereocenters. The zero-order valence-electron chi connectivity index (χ0n) is 9.72. The molecule has 1 saturated heterocycles. The van der Waals surface area contributed by atoms with Crippen LogP contribution in [0.5, 0.6) is 0 Å². The Morgan fingerprint density at radius 2 is 2.00 bits per heavy atom. The monoisotopic (exact) mass is 259 g/mol. The molecular formula is C9H13N3O4S. The molecule has 0 aromatic carbocycles. The second-order valence-electron chi connectivity index (χ2n) is 4.26. The predicted octanol–water partition coefficient (Wildman–Crippen LogP) is -1.03. The van der Waals surface area contributed by atoms with Crippen molar-refractivity contribution in [2.45, 2.75) is 31.6 Å². The van der Waals surface area contributed by atoms with Crippen LogP contribution in [0.2, 0.25) is 0 Å². The van der Waals surface area contributed by atoms with Crippen molar-refractivity contribution >= 4 is 21.8 Å². The van der Waals surface area contributed by atoms with Crippen molar-refractivity contribution in [2.24, 2.45) is 0 Å². The van der Waals surface area contributed by atoms with E-state index in [4.69, 9.17) is 5.26 Å². The fourth-order valence-electron chi connectivity index (χ4n) is 1.43. The van der Waals surface area contributed by atoms with E-state index in [9.17, 15) is 18.0 Å². The number of nitrogens with zero attached hydrogens (tertiary/aromatic N) is 2. The summed E-state index contributed by atoms with van der Waals surface area (Å²) in [6.07, 6.45) is 0. The highest BCUT2D eigenvalue weighted by atomic mass is 32.2. The lowest BCUT2D eigenvalue weighted by Crippen LogP contribution is -2.66. The molecule has 1 fully saturated rings. The van der Waals surface area contributed by atoms with Gasteiger partial charge in [-0.2, -0.15) is 9.57 Å². The zero-order valence-corrected chi connectivity index (χ0v) is 10.5. The molecule has 0 bridgehead atoms. The summed E-state index contributed by atoms with van der Waals surface area (Å²) in [7, 11) is -4.00. The number of rotatable bonds is 2. The van der Waals surface area contributed by atoms with Gasteiger partial charge in [-0.05, 0) is 20.8 Å². The first-order valence-corrected chi connectivity index (χ1v) is 6.40. The van der Waals surface area contributed by atoms with E-state index in [1.54, 1.807) is 6.07 Å². The van der Waals surface area contributed by atoms with Gasteiger partial charge in [-0.1, -0.05) is 0 Å². The van der Waals surface area contributed by atoms with E-state index in [1.807, 2.05) is 0 Å². The Balaban J connectivity index is 3.25. The van der Waals surface area contributed by atoms with Crippen LogP contribution >= 0.6 is 0 Å². The average Bonchev–Trinajstić information content (AvgIpc) is 2.22.